The van der Waals surface area contributed by atoms with Crippen molar-refractivity contribution >= 4 is 17.6 Å². The number of methoxy groups -OCH3 is 1. The highest BCUT2D eigenvalue weighted by Crippen LogP contribution is 2.22. The van der Waals surface area contributed by atoms with Crippen molar-refractivity contribution in [1.82, 2.24) is 15.2 Å². The largest absolute Gasteiger partial charge is 0.480 e. The minimum atomic E-state index is -0.493. The number of amides is 3. The molecular weight excluding hydrogens is 260 g/mol. The van der Waals surface area contributed by atoms with Crippen LogP contribution in [-0.2, 0) is 4.79 Å². The van der Waals surface area contributed by atoms with Gasteiger partial charge >= 0.3 is 6.03 Å². The number of rotatable bonds is 2. The van der Waals surface area contributed by atoms with Gasteiger partial charge in [-0.1, -0.05) is 0 Å². The first-order valence-electron chi connectivity index (χ1n) is 6.39. The lowest BCUT2D eigenvalue weighted by Crippen LogP contribution is -2.56. The number of anilines is 1. The van der Waals surface area contributed by atoms with E-state index in [2.05, 4.69) is 15.6 Å². The molecule has 2 N–H and O–H groups in total. The second kappa shape index (κ2) is 5.77. The van der Waals surface area contributed by atoms with E-state index in [1.807, 2.05) is 6.92 Å². The molecule has 0 spiro atoms. The van der Waals surface area contributed by atoms with Gasteiger partial charge in [-0.2, -0.15) is 0 Å². The van der Waals surface area contributed by atoms with E-state index in [1.165, 1.54) is 12.0 Å². The molecule has 0 radical (unpaired) electrons. The molecule has 2 rings (SSSR count). The third-order valence-corrected chi connectivity index (χ3v) is 3.18. The number of hydrogen-bond donors (Lipinski definition) is 2. The lowest BCUT2D eigenvalue weighted by molar-refractivity contribution is -0.126. The SMILES string of the molecule is COc1ncc(C)cc1NC(=O)N1CCNC(=O)C1C. The smallest absolute Gasteiger partial charge is 0.322 e. The highest BCUT2D eigenvalue weighted by Gasteiger charge is 2.29. The number of nitrogens with zero attached hydrogens (tertiary/aromatic N) is 2. The molecule has 1 unspecified atom stereocenters. The molecule has 1 fully saturated rings. The zero-order chi connectivity index (χ0) is 14.7. The molecule has 1 aliphatic heterocycles. The average Bonchev–Trinajstić information content (AvgIpc) is 2.42. The monoisotopic (exact) mass is 278 g/mol. The van der Waals surface area contributed by atoms with Crippen molar-refractivity contribution in [3.63, 3.8) is 0 Å². The summed E-state index contributed by atoms with van der Waals surface area (Å²) < 4.78 is 5.11. The van der Waals surface area contributed by atoms with Crippen molar-refractivity contribution in [2.75, 3.05) is 25.5 Å². The van der Waals surface area contributed by atoms with E-state index in [4.69, 9.17) is 4.74 Å². The van der Waals surface area contributed by atoms with Crippen molar-refractivity contribution in [3.8, 4) is 5.88 Å². The topological polar surface area (TPSA) is 83.6 Å². The second-order valence-electron chi connectivity index (χ2n) is 4.66. The Morgan fingerprint density at radius 1 is 1.60 bits per heavy atom. The highest BCUT2D eigenvalue weighted by molar-refractivity contribution is 5.95. The zero-order valence-corrected chi connectivity index (χ0v) is 11.8. The molecule has 1 atom stereocenters. The summed E-state index contributed by atoms with van der Waals surface area (Å²) in [7, 11) is 1.49. The molecule has 0 saturated carbocycles. The summed E-state index contributed by atoms with van der Waals surface area (Å²) in [6.07, 6.45) is 1.66. The molecule has 7 heteroatoms. The van der Waals surface area contributed by atoms with E-state index in [1.54, 1.807) is 19.2 Å². The molecule has 0 bridgehead atoms. The van der Waals surface area contributed by atoms with Gasteiger partial charge in [0, 0.05) is 19.3 Å². The number of pyridine rings is 1. The summed E-state index contributed by atoms with van der Waals surface area (Å²) in [6, 6.07) is 0.948. The standard InChI is InChI=1S/C13H18N4O3/c1-8-6-10(12(20-3)15-7-8)16-13(19)17-5-4-14-11(18)9(17)2/h6-7,9H,4-5H2,1-3H3,(H,14,18)(H,16,19). The van der Waals surface area contributed by atoms with Crippen molar-refractivity contribution in [3.05, 3.63) is 17.8 Å². The molecule has 1 aliphatic rings. The van der Waals surface area contributed by atoms with Gasteiger partial charge in [0.05, 0.1) is 7.11 Å². The summed E-state index contributed by atoms with van der Waals surface area (Å²) in [6.45, 7) is 4.50. The molecule has 0 aliphatic carbocycles. The number of ether oxygens (including phenoxy) is 1. The van der Waals surface area contributed by atoms with Crippen LogP contribution >= 0.6 is 0 Å². The Balaban J connectivity index is 2.15. The molecular formula is C13H18N4O3. The van der Waals surface area contributed by atoms with Crippen LogP contribution in [0.15, 0.2) is 12.3 Å². The van der Waals surface area contributed by atoms with E-state index < -0.39 is 6.04 Å². The minimum Gasteiger partial charge on any atom is -0.480 e. The first kappa shape index (κ1) is 14.1. The van der Waals surface area contributed by atoms with Crippen LogP contribution in [0.25, 0.3) is 0 Å². The predicted octanol–water partition coefficient (Wildman–Crippen LogP) is 0.751. The quantitative estimate of drug-likeness (QED) is 0.836. The van der Waals surface area contributed by atoms with Gasteiger partial charge in [0.2, 0.25) is 11.8 Å². The fourth-order valence-electron chi connectivity index (χ4n) is 2.06. The second-order valence-corrected chi connectivity index (χ2v) is 4.66. The predicted molar refractivity (Wildman–Crippen MR) is 73.7 cm³/mol. The summed E-state index contributed by atoms with van der Waals surface area (Å²) >= 11 is 0. The van der Waals surface area contributed by atoms with Crippen LogP contribution in [0.3, 0.4) is 0 Å². The molecule has 1 aromatic heterocycles. The Kier molecular flexibility index (Phi) is 4.07. The van der Waals surface area contributed by atoms with E-state index in [0.29, 0.717) is 24.7 Å². The Labute approximate surface area is 117 Å². The number of aryl methyl sites for hydroxylation is 1. The Hall–Kier alpha value is -2.31. The molecule has 2 heterocycles. The van der Waals surface area contributed by atoms with E-state index in [0.717, 1.165) is 5.56 Å². The molecule has 1 saturated heterocycles. The molecule has 7 nitrogen and oxygen atoms in total. The van der Waals surface area contributed by atoms with Gasteiger partial charge in [0.15, 0.2) is 0 Å². The fourth-order valence-corrected chi connectivity index (χ4v) is 2.06. The van der Waals surface area contributed by atoms with E-state index in [-0.39, 0.29) is 11.9 Å². The summed E-state index contributed by atoms with van der Waals surface area (Å²) in [5.74, 6) is 0.193. The maximum atomic E-state index is 12.3. The normalized spacial score (nSPS) is 18.4. The first-order chi connectivity index (χ1) is 9.52. The van der Waals surface area contributed by atoms with Gasteiger partial charge in [0.25, 0.3) is 0 Å². The van der Waals surface area contributed by atoms with Crippen molar-refractivity contribution in [2.45, 2.75) is 19.9 Å². The summed E-state index contributed by atoms with van der Waals surface area (Å²) in [5.41, 5.74) is 1.40. The van der Waals surface area contributed by atoms with Crippen LogP contribution in [0, 0.1) is 6.92 Å². The van der Waals surface area contributed by atoms with Gasteiger partial charge < -0.3 is 20.3 Å². The summed E-state index contributed by atoms with van der Waals surface area (Å²) in [5, 5.41) is 5.46. The number of carbonyl (C=O) groups excluding carboxylic acids is 2. The third kappa shape index (κ3) is 2.81. The van der Waals surface area contributed by atoms with Crippen molar-refractivity contribution in [1.29, 1.82) is 0 Å². The summed E-state index contributed by atoms with van der Waals surface area (Å²) in [4.78, 5) is 29.4. The van der Waals surface area contributed by atoms with Gasteiger partial charge in [-0.25, -0.2) is 9.78 Å². The minimum absolute atomic E-state index is 0.152. The van der Waals surface area contributed by atoms with Gasteiger partial charge in [0.1, 0.15) is 11.7 Å². The van der Waals surface area contributed by atoms with Crippen LogP contribution in [-0.4, -0.2) is 48.1 Å². The lowest BCUT2D eigenvalue weighted by atomic mass is 10.2. The number of urea groups is 1. The molecule has 3 amide bonds. The maximum Gasteiger partial charge on any atom is 0.322 e. The lowest BCUT2D eigenvalue weighted by Gasteiger charge is -2.32. The zero-order valence-electron chi connectivity index (χ0n) is 11.8. The fraction of sp³-hybridized carbons (Fsp3) is 0.462. The number of piperazine rings is 1. The molecule has 1 aromatic rings. The Bertz CT molecular complexity index is 532. The number of carbonyl (C=O) groups is 2. The maximum absolute atomic E-state index is 12.3. The highest BCUT2D eigenvalue weighted by atomic mass is 16.5. The van der Waals surface area contributed by atoms with Gasteiger partial charge in [-0.05, 0) is 25.5 Å². The Morgan fingerprint density at radius 3 is 3.05 bits per heavy atom. The van der Waals surface area contributed by atoms with Crippen LogP contribution < -0.4 is 15.4 Å². The molecule has 0 aromatic carbocycles. The van der Waals surface area contributed by atoms with Crippen molar-refractivity contribution in [2.24, 2.45) is 0 Å². The van der Waals surface area contributed by atoms with Crippen LogP contribution in [0.1, 0.15) is 12.5 Å². The van der Waals surface area contributed by atoms with E-state index in [9.17, 15) is 9.59 Å². The third-order valence-electron chi connectivity index (χ3n) is 3.18. The van der Waals surface area contributed by atoms with Crippen LogP contribution in [0.5, 0.6) is 5.88 Å². The van der Waals surface area contributed by atoms with Crippen molar-refractivity contribution < 1.29 is 14.3 Å². The van der Waals surface area contributed by atoms with Crippen LogP contribution in [0.2, 0.25) is 0 Å². The molecule has 108 valence electrons. The van der Waals surface area contributed by atoms with Crippen LogP contribution in [0.4, 0.5) is 10.5 Å². The van der Waals surface area contributed by atoms with E-state index >= 15 is 0 Å². The van der Waals surface area contributed by atoms with Gasteiger partial charge in [-0.3, -0.25) is 4.79 Å². The number of aromatic nitrogens is 1. The first-order valence-corrected chi connectivity index (χ1v) is 6.39. The average molecular weight is 278 g/mol. The number of nitrogens with one attached hydrogen (secondary N) is 2. The Morgan fingerprint density at radius 2 is 2.35 bits per heavy atom. The van der Waals surface area contributed by atoms with Gasteiger partial charge in [-0.15, -0.1) is 0 Å². The molecule has 20 heavy (non-hydrogen) atoms. The number of hydrogen-bond acceptors (Lipinski definition) is 4.